The number of aryl methyl sites for hydroxylation is 1. The maximum atomic E-state index is 11.9. The lowest BCUT2D eigenvalue weighted by Gasteiger charge is -2.19. The van der Waals surface area contributed by atoms with Crippen molar-refractivity contribution >= 4 is 11.6 Å². The van der Waals surface area contributed by atoms with Gasteiger partial charge in [-0.3, -0.25) is 4.79 Å². The van der Waals surface area contributed by atoms with Gasteiger partial charge in [-0.25, -0.2) is 0 Å². The second kappa shape index (κ2) is 5.21. The fourth-order valence-electron chi connectivity index (χ4n) is 2.28. The number of rotatable bonds is 3. The van der Waals surface area contributed by atoms with E-state index in [2.05, 4.69) is 16.3 Å². The molecule has 0 atom stereocenters. The zero-order valence-electron chi connectivity index (χ0n) is 10.6. The van der Waals surface area contributed by atoms with Gasteiger partial charge >= 0.3 is 0 Å². The highest BCUT2D eigenvalue weighted by Gasteiger charge is 2.15. The molecule has 3 nitrogen and oxygen atoms in total. The topological polar surface area (TPSA) is 32.3 Å². The van der Waals surface area contributed by atoms with Crippen LogP contribution in [0.5, 0.6) is 0 Å². The van der Waals surface area contributed by atoms with Crippen molar-refractivity contribution in [3.63, 3.8) is 0 Å². The Morgan fingerprint density at radius 1 is 1.35 bits per heavy atom. The second-order valence-corrected chi connectivity index (χ2v) is 4.55. The van der Waals surface area contributed by atoms with Gasteiger partial charge in [0.1, 0.15) is 0 Å². The molecule has 1 amide bonds. The number of hydrogen-bond donors (Lipinski definition) is 1. The number of nitrogens with one attached hydrogen (secondary N) is 1. The Labute approximate surface area is 103 Å². The van der Waals surface area contributed by atoms with E-state index in [0.29, 0.717) is 6.54 Å². The number of nitrogens with zero attached hydrogens (tertiary/aromatic N) is 1. The minimum Gasteiger partial charge on any atom is -0.372 e. The molecule has 1 aromatic rings. The van der Waals surface area contributed by atoms with Crippen LogP contribution in [-0.2, 0) is 0 Å². The lowest BCUT2D eigenvalue weighted by atomic mass is 10.1. The monoisotopic (exact) mass is 232 g/mol. The number of amides is 1. The van der Waals surface area contributed by atoms with E-state index in [-0.39, 0.29) is 5.91 Å². The molecule has 0 unspecified atom stereocenters. The van der Waals surface area contributed by atoms with E-state index in [9.17, 15) is 4.79 Å². The van der Waals surface area contributed by atoms with Crippen LogP contribution >= 0.6 is 0 Å². The van der Waals surface area contributed by atoms with Crippen molar-refractivity contribution in [2.24, 2.45) is 0 Å². The van der Waals surface area contributed by atoms with Gasteiger partial charge < -0.3 is 10.2 Å². The smallest absolute Gasteiger partial charge is 0.251 e. The van der Waals surface area contributed by atoms with E-state index < -0.39 is 0 Å². The van der Waals surface area contributed by atoms with Crippen LogP contribution in [0.4, 0.5) is 5.69 Å². The maximum absolute atomic E-state index is 11.9. The summed E-state index contributed by atoms with van der Waals surface area (Å²) >= 11 is 0. The number of hydrogen-bond acceptors (Lipinski definition) is 2. The molecule has 2 rings (SSSR count). The first-order valence-electron chi connectivity index (χ1n) is 6.36. The largest absolute Gasteiger partial charge is 0.372 e. The zero-order chi connectivity index (χ0) is 12.3. The third kappa shape index (κ3) is 2.60. The van der Waals surface area contributed by atoms with Crippen LogP contribution in [0.2, 0.25) is 0 Å². The van der Waals surface area contributed by atoms with Gasteiger partial charge in [-0.2, -0.15) is 0 Å². The van der Waals surface area contributed by atoms with Gasteiger partial charge in [-0.1, -0.05) is 6.07 Å². The van der Waals surface area contributed by atoms with Crippen LogP contribution in [0.15, 0.2) is 18.2 Å². The zero-order valence-corrected chi connectivity index (χ0v) is 10.6. The van der Waals surface area contributed by atoms with Gasteiger partial charge in [0.15, 0.2) is 0 Å². The summed E-state index contributed by atoms with van der Waals surface area (Å²) in [6.45, 7) is 6.82. The maximum Gasteiger partial charge on any atom is 0.251 e. The average Bonchev–Trinajstić information content (AvgIpc) is 2.83. The third-order valence-electron chi connectivity index (χ3n) is 3.27. The Morgan fingerprint density at radius 2 is 2.06 bits per heavy atom. The number of anilines is 1. The SMILES string of the molecule is CCNC(=O)c1cc(N2CCCC2)ccc1C. The normalized spacial score (nSPS) is 15.1. The Balaban J connectivity index is 2.25. The van der Waals surface area contributed by atoms with E-state index in [0.717, 1.165) is 24.2 Å². The molecule has 0 aliphatic carbocycles. The highest BCUT2D eigenvalue weighted by atomic mass is 16.1. The fourth-order valence-corrected chi connectivity index (χ4v) is 2.28. The molecule has 17 heavy (non-hydrogen) atoms. The third-order valence-corrected chi connectivity index (χ3v) is 3.27. The lowest BCUT2D eigenvalue weighted by Crippen LogP contribution is -2.24. The molecule has 1 saturated heterocycles. The van der Waals surface area contributed by atoms with Gasteiger partial charge in [-0.05, 0) is 44.4 Å². The summed E-state index contributed by atoms with van der Waals surface area (Å²) < 4.78 is 0. The molecule has 0 spiro atoms. The van der Waals surface area contributed by atoms with Crippen molar-refractivity contribution in [3.05, 3.63) is 29.3 Å². The van der Waals surface area contributed by atoms with Crippen molar-refractivity contribution in [1.29, 1.82) is 0 Å². The minimum atomic E-state index is 0.0334. The van der Waals surface area contributed by atoms with Crippen molar-refractivity contribution < 1.29 is 4.79 Å². The molecule has 1 aliphatic heterocycles. The van der Waals surface area contributed by atoms with Crippen molar-refractivity contribution in [2.75, 3.05) is 24.5 Å². The van der Waals surface area contributed by atoms with Gasteiger partial charge in [0.25, 0.3) is 5.91 Å². The van der Waals surface area contributed by atoms with Crippen LogP contribution in [0.25, 0.3) is 0 Å². The summed E-state index contributed by atoms with van der Waals surface area (Å²) in [6, 6.07) is 6.17. The van der Waals surface area contributed by atoms with E-state index in [1.165, 1.54) is 18.5 Å². The molecule has 0 aromatic heterocycles. The number of carbonyl (C=O) groups is 1. The molecule has 0 radical (unpaired) electrons. The van der Waals surface area contributed by atoms with E-state index in [4.69, 9.17) is 0 Å². The molecule has 1 N–H and O–H groups in total. The molecule has 0 saturated carbocycles. The molecule has 0 bridgehead atoms. The van der Waals surface area contributed by atoms with Crippen LogP contribution in [0.1, 0.15) is 35.7 Å². The summed E-state index contributed by atoms with van der Waals surface area (Å²) in [5, 5.41) is 2.86. The Bertz CT molecular complexity index is 409. The van der Waals surface area contributed by atoms with Gasteiger partial charge in [0.05, 0.1) is 0 Å². The molecular formula is C14H20N2O. The van der Waals surface area contributed by atoms with Crippen molar-refractivity contribution in [1.82, 2.24) is 5.32 Å². The van der Waals surface area contributed by atoms with Crippen LogP contribution < -0.4 is 10.2 Å². The summed E-state index contributed by atoms with van der Waals surface area (Å²) in [4.78, 5) is 14.3. The van der Waals surface area contributed by atoms with E-state index >= 15 is 0 Å². The highest BCUT2D eigenvalue weighted by Crippen LogP contribution is 2.23. The standard InChI is InChI=1S/C14H20N2O/c1-3-15-14(17)13-10-12(7-6-11(13)2)16-8-4-5-9-16/h6-7,10H,3-5,8-9H2,1-2H3,(H,15,17). The molecule has 3 heteroatoms. The van der Waals surface area contributed by atoms with Gasteiger partial charge in [-0.15, -0.1) is 0 Å². The Morgan fingerprint density at radius 3 is 2.71 bits per heavy atom. The van der Waals surface area contributed by atoms with Crippen molar-refractivity contribution in [2.45, 2.75) is 26.7 Å². The van der Waals surface area contributed by atoms with Crippen LogP contribution in [0, 0.1) is 6.92 Å². The second-order valence-electron chi connectivity index (χ2n) is 4.55. The number of carbonyl (C=O) groups excluding carboxylic acids is 1. The average molecular weight is 232 g/mol. The summed E-state index contributed by atoms with van der Waals surface area (Å²) in [5.41, 5.74) is 3.02. The highest BCUT2D eigenvalue weighted by molar-refractivity contribution is 5.96. The van der Waals surface area contributed by atoms with Crippen LogP contribution in [-0.4, -0.2) is 25.5 Å². The Hall–Kier alpha value is -1.51. The molecule has 92 valence electrons. The molecule has 1 aromatic carbocycles. The van der Waals surface area contributed by atoms with Crippen molar-refractivity contribution in [3.8, 4) is 0 Å². The van der Waals surface area contributed by atoms with E-state index in [1.54, 1.807) is 0 Å². The molecule has 1 fully saturated rings. The Kier molecular flexibility index (Phi) is 3.67. The van der Waals surface area contributed by atoms with Crippen LogP contribution in [0.3, 0.4) is 0 Å². The minimum absolute atomic E-state index is 0.0334. The first kappa shape index (κ1) is 12.0. The van der Waals surface area contributed by atoms with E-state index in [1.807, 2.05) is 26.0 Å². The summed E-state index contributed by atoms with van der Waals surface area (Å²) in [5.74, 6) is 0.0334. The fraction of sp³-hybridized carbons (Fsp3) is 0.500. The molecular weight excluding hydrogens is 212 g/mol. The molecule has 1 aliphatic rings. The quantitative estimate of drug-likeness (QED) is 0.867. The summed E-state index contributed by atoms with van der Waals surface area (Å²) in [7, 11) is 0. The predicted octanol–water partition coefficient (Wildman–Crippen LogP) is 2.34. The lowest BCUT2D eigenvalue weighted by molar-refractivity contribution is 0.0955. The first-order valence-corrected chi connectivity index (χ1v) is 6.36. The number of benzene rings is 1. The van der Waals surface area contributed by atoms with Gasteiger partial charge in [0.2, 0.25) is 0 Å². The molecule has 1 heterocycles. The summed E-state index contributed by atoms with van der Waals surface area (Å²) in [6.07, 6.45) is 2.51. The van der Waals surface area contributed by atoms with Gasteiger partial charge in [0, 0.05) is 30.9 Å². The first-order chi connectivity index (χ1) is 8.22. The predicted molar refractivity (Wildman–Crippen MR) is 70.6 cm³/mol.